The van der Waals surface area contributed by atoms with Crippen LogP contribution in [0.4, 0.5) is 0 Å². The highest BCUT2D eigenvalue weighted by atomic mass is 16.3. The molecule has 1 aliphatic carbocycles. The van der Waals surface area contributed by atoms with Gasteiger partial charge in [-0.05, 0) is 6.42 Å². The molecule has 0 saturated carbocycles. The molecule has 1 aliphatic rings. The van der Waals surface area contributed by atoms with E-state index in [0.29, 0.717) is 6.42 Å². The predicted molar refractivity (Wildman–Crippen MR) is 46.9 cm³/mol. The number of carbonyl (C=O) groups excluding carboxylic acids is 2. The van der Waals surface area contributed by atoms with Crippen molar-refractivity contribution in [2.45, 2.75) is 19.8 Å². The molecule has 0 unspecified atom stereocenters. The van der Waals surface area contributed by atoms with Crippen LogP contribution in [0.15, 0.2) is 22.9 Å². The summed E-state index contributed by atoms with van der Waals surface area (Å²) >= 11 is 0. The van der Waals surface area contributed by atoms with Crippen LogP contribution in [0, 0.1) is 0 Å². The second-order valence-corrected chi connectivity index (χ2v) is 2.93. The lowest BCUT2D eigenvalue weighted by Crippen LogP contribution is -2.23. The van der Waals surface area contributed by atoms with Crippen LogP contribution in [-0.4, -0.2) is 26.9 Å². The largest absolute Gasteiger partial charge is 0.504 e. The zero-order valence-corrected chi connectivity index (χ0v) is 7.57. The standard InChI is InChI=1S/C9H10O5/c1-2-3-4-5(10)7(12)9(14)8(13)6(4)11/h10,13-14H,2-3H2,1H3. The molecule has 14 heavy (non-hydrogen) atoms. The molecule has 0 radical (unpaired) electrons. The summed E-state index contributed by atoms with van der Waals surface area (Å²) < 4.78 is 0. The van der Waals surface area contributed by atoms with E-state index in [1.54, 1.807) is 6.92 Å². The molecule has 0 fully saturated rings. The van der Waals surface area contributed by atoms with E-state index in [-0.39, 0.29) is 12.0 Å². The normalized spacial score (nSPS) is 18.1. The minimum absolute atomic E-state index is 0.146. The van der Waals surface area contributed by atoms with Crippen molar-refractivity contribution in [3.05, 3.63) is 22.9 Å². The van der Waals surface area contributed by atoms with Crippen LogP contribution in [0.25, 0.3) is 0 Å². The second kappa shape index (κ2) is 3.53. The molecule has 5 nitrogen and oxygen atoms in total. The summed E-state index contributed by atoms with van der Waals surface area (Å²) in [4.78, 5) is 22.3. The van der Waals surface area contributed by atoms with Crippen molar-refractivity contribution in [2.24, 2.45) is 0 Å². The lowest BCUT2D eigenvalue weighted by atomic mass is 9.95. The molecule has 0 aromatic carbocycles. The maximum Gasteiger partial charge on any atom is 0.266 e. The Labute approximate surface area is 80.0 Å². The Morgan fingerprint density at radius 1 is 0.929 bits per heavy atom. The number of ketones is 2. The number of hydrogen-bond acceptors (Lipinski definition) is 5. The van der Waals surface area contributed by atoms with Crippen LogP contribution in [-0.2, 0) is 9.59 Å². The van der Waals surface area contributed by atoms with E-state index in [4.69, 9.17) is 10.2 Å². The first kappa shape index (κ1) is 10.3. The van der Waals surface area contributed by atoms with Crippen LogP contribution in [0.5, 0.6) is 0 Å². The molecule has 0 amide bonds. The van der Waals surface area contributed by atoms with Crippen molar-refractivity contribution in [3.63, 3.8) is 0 Å². The summed E-state index contributed by atoms with van der Waals surface area (Å²) in [6.07, 6.45) is 0.736. The molecule has 0 atom stereocenters. The van der Waals surface area contributed by atoms with Gasteiger partial charge in [0.15, 0.2) is 5.76 Å². The van der Waals surface area contributed by atoms with E-state index < -0.39 is 28.8 Å². The molecule has 0 aromatic rings. The highest BCUT2D eigenvalue weighted by Crippen LogP contribution is 2.23. The van der Waals surface area contributed by atoms with Crippen LogP contribution in [0.1, 0.15) is 19.8 Å². The zero-order valence-electron chi connectivity index (χ0n) is 7.57. The van der Waals surface area contributed by atoms with Gasteiger partial charge in [0, 0.05) is 5.57 Å². The van der Waals surface area contributed by atoms with E-state index in [9.17, 15) is 14.7 Å². The van der Waals surface area contributed by atoms with Gasteiger partial charge in [-0.1, -0.05) is 13.3 Å². The number of aliphatic hydroxyl groups excluding tert-OH is 3. The summed E-state index contributed by atoms with van der Waals surface area (Å²) in [6, 6.07) is 0. The second-order valence-electron chi connectivity index (χ2n) is 2.93. The summed E-state index contributed by atoms with van der Waals surface area (Å²) in [5.41, 5.74) is -0.146. The van der Waals surface area contributed by atoms with Gasteiger partial charge in [0.1, 0.15) is 0 Å². The Balaban J connectivity index is 3.19. The van der Waals surface area contributed by atoms with Gasteiger partial charge in [0.2, 0.25) is 17.3 Å². The molecule has 0 aliphatic heterocycles. The van der Waals surface area contributed by atoms with Gasteiger partial charge in [-0.3, -0.25) is 9.59 Å². The monoisotopic (exact) mass is 198 g/mol. The quantitative estimate of drug-likeness (QED) is 0.577. The molecule has 1 rings (SSSR count). The first-order chi connectivity index (χ1) is 6.50. The first-order valence-electron chi connectivity index (χ1n) is 4.14. The van der Waals surface area contributed by atoms with E-state index in [2.05, 4.69) is 0 Å². The van der Waals surface area contributed by atoms with Gasteiger partial charge in [0.05, 0.1) is 0 Å². The third-order valence-electron chi connectivity index (χ3n) is 1.93. The van der Waals surface area contributed by atoms with Crippen molar-refractivity contribution < 1.29 is 24.9 Å². The lowest BCUT2D eigenvalue weighted by Gasteiger charge is -2.13. The average Bonchev–Trinajstić information content (AvgIpc) is 2.19. The van der Waals surface area contributed by atoms with Crippen LogP contribution < -0.4 is 0 Å². The Hall–Kier alpha value is -1.78. The fraction of sp³-hybridized carbons (Fsp3) is 0.333. The van der Waals surface area contributed by atoms with Gasteiger partial charge < -0.3 is 15.3 Å². The molecule has 5 heteroatoms. The molecular weight excluding hydrogens is 188 g/mol. The fourth-order valence-corrected chi connectivity index (χ4v) is 1.20. The smallest absolute Gasteiger partial charge is 0.266 e. The van der Waals surface area contributed by atoms with E-state index in [0.717, 1.165) is 0 Å². The van der Waals surface area contributed by atoms with Gasteiger partial charge in [0.25, 0.3) is 5.78 Å². The van der Waals surface area contributed by atoms with Crippen molar-refractivity contribution in [1.82, 2.24) is 0 Å². The van der Waals surface area contributed by atoms with Gasteiger partial charge in [-0.2, -0.15) is 0 Å². The van der Waals surface area contributed by atoms with E-state index >= 15 is 0 Å². The Morgan fingerprint density at radius 2 is 1.43 bits per heavy atom. The van der Waals surface area contributed by atoms with E-state index in [1.807, 2.05) is 0 Å². The van der Waals surface area contributed by atoms with Crippen molar-refractivity contribution in [1.29, 1.82) is 0 Å². The summed E-state index contributed by atoms with van der Waals surface area (Å²) in [5, 5.41) is 27.2. The number of aliphatic hydroxyl groups is 3. The molecule has 0 bridgehead atoms. The molecule has 3 N–H and O–H groups in total. The van der Waals surface area contributed by atoms with Gasteiger partial charge in [-0.25, -0.2) is 0 Å². The maximum atomic E-state index is 11.2. The third kappa shape index (κ3) is 1.37. The molecule has 0 aromatic heterocycles. The fourth-order valence-electron chi connectivity index (χ4n) is 1.20. The lowest BCUT2D eigenvalue weighted by molar-refractivity contribution is -0.122. The van der Waals surface area contributed by atoms with Gasteiger partial charge >= 0.3 is 0 Å². The summed E-state index contributed by atoms with van der Waals surface area (Å²) in [7, 11) is 0. The molecule has 0 spiro atoms. The predicted octanol–water partition coefficient (Wildman–Crippen LogP) is 1.08. The number of allylic oxidation sites excluding steroid dienone is 1. The average molecular weight is 198 g/mol. The molecule has 0 saturated heterocycles. The topological polar surface area (TPSA) is 94.8 Å². The molecule has 76 valence electrons. The number of carbonyl (C=O) groups is 2. The third-order valence-corrected chi connectivity index (χ3v) is 1.93. The zero-order chi connectivity index (χ0) is 10.9. The van der Waals surface area contributed by atoms with Crippen molar-refractivity contribution >= 4 is 11.6 Å². The number of hydrogen-bond donors (Lipinski definition) is 3. The van der Waals surface area contributed by atoms with E-state index in [1.165, 1.54) is 0 Å². The SMILES string of the molecule is CCCC1=C(O)C(=O)C(O)=C(O)C1=O. The van der Waals surface area contributed by atoms with Crippen molar-refractivity contribution in [3.8, 4) is 0 Å². The molecule has 0 heterocycles. The minimum Gasteiger partial charge on any atom is -0.504 e. The Bertz CT molecular complexity index is 361. The van der Waals surface area contributed by atoms with Gasteiger partial charge in [-0.15, -0.1) is 0 Å². The Kier molecular flexibility index (Phi) is 2.60. The number of rotatable bonds is 2. The first-order valence-corrected chi connectivity index (χ1v) is 4.14. The van der Waals surface area contributed by atoms with Crippen LogP contribution in [0.2, 0.25) is 0 Å². The maximum absolute atomic E-state index is 11.2. The Morgan fingerprint density at radius 3 is 1.93 bits per heavy atom. The summed E-state index contributed by atoms with van der Waals surface area (Å²) in [6.45, 7) is 1.76. The van der Waals surface area contributed by atoms with Crippen molar-refractivity contribution in [2.75, 3.05) is 0 Å². The van der Waals surface area contributed by atoms with Crippen LogP contribution in [0.3, 0.4) is 0 Å². The highest BCUT2D eigenvalue weighted by molar-refractivity contribution is 6.22. The number of Topliss-reactive ketones (excluding diaryl/α,β-unsaturated/α-hetero) is 2. The highest BCUT2D eigenvalue weighted by Gasteiger charge is 2.34. The summed E-state index contributed by atoms with van der Waals surface area (Å²) in [5.74, 6) is -4.84. The minimum atomic E-state index is -1.11. The molecular formula is C9H10O5. The van der Waals surface area contributed by atoms with Crippen LogP contribution >= 0.6 is 0 Å².